The van der Waals surface area contributed by atoms with Gasteiger partial charge in [0.1, 0.15) is 11.6 Å². The number of aromatic amines is 1. The number of amides is 1. The molecule has 0 spiro atoms. The van der Waals surface area contributed by atoms with Crippen LogP contribution in [0.2, 0.25) is 0 Å². The topological polar surface area (TPSA) is 66.1 Å². The van der Waals surface area contributed by atoms with Crippen molar-refractivity contribution >= 4 is 16.8 Å². The molecule has 0 saturated heterocycles. The zero-order valence-corrected chi connectivity index (χ0v) is 16.4. The average Bonchev–Trinajstić information content (AvgIpc) is 2.74. The van der Waals surface area contributed by atoms with Gasteiger partial charge in [0.15, 0.2) is 0 Å². The fraction of sp³-hybridized carbons (Fsp3) is 0.125. The van der Waals surface area contributed by atoms with E-state index in [1.165, 1.54) is 12.1 Å². The highest BCUT2D eigenvalue weighted by Crippen LogP contribution is 2.15. The lowest BCUT2D eigenvalue weighted by Gasteiger charge is -2.23. The third kappa shape index (κ3) is 4.27. The van der Waals surface area contributed by atoms with Gasteiger partial charge in [-0.25, -0.2) is 9.37 Å². The second-order valence-corrected chi connectivity index (χ2v) is 7.19. The summed E-state index contributed by atoms with van der Waals surface area (Å²) in [5.41, 5.74) is 2.61. The van der Waals surface area contributed by atoms with Crippen molar-refractivity contribution in [3.8, 4) is 0 Å². The zero-order chi connectivity index (χ0) is 21.1. The van der Waals surface area contributed by atoms with E-state index in [4.69, 9.17) is 0 Å². The van der Waals surface area contributed by atoms with Gasteiger partial charge in [-0.1, -0.05) is 42.0 Å². The molecule has 0 radical (unpaired) electrons. The van der Waals surface area contributed by atoms with E-state index in [1.54, 1.807) is 41.3 Å². The molecule has 1 aromatic heterocycles. The van der Waals surface area contributed by atoms with E-state index in [-0.39, 0.29) is 30.4 Å². The molecule has 0 aliphatic rings. The first kappa shape index (κ1) is 19.5. The number of aryl methyl sites for hydroxylation is 1. The Morgan fingerprint density at radius 1 is 1.00 bits per heavy atom. The van der Waals surface area contributed by atoms with Gasteiger partial charge in [-0.2, -0.15) is 0 Å². The third-order valence-corrected chi connectivity index (χ3v) is 4.84. The molecule has 0 unspecified atom stereocenters. The van der Waals surface area contributed by atoms with E-state index >= 15 is 0 Å². The Kier molecular flexibility index (Phi) is 5.39. The molecule has 3 aromatic carbocycles. The highest BCUT2D eigenvalue weighted by atomic mass is 19.1. The second kappa shape index (κ2) is 8.29. The Balaban J connectivity index is 1.70. The number of rotatable bonds is 5. The summed E-state index contributed by atoms with van der Waals surface area (Å²) < 4.78 is 13.3. The highest BCUT2D eigenvalue weighted by Gasteiger charge is 2.18. The van der Waals surface area contributed by atoms with Crippen molar-refractivity contribution < 1.29 is 9.18 Å². The largest absolute Gasteiger partial charge is 0.327 e. The molecule has 0 aliphatic carbocycles. The molecule has 0 fully saturated rings. The molecule has 0 aliphatic heterocycles. The number of fused-ring (bicyclic) bond motifs is 1. The van der Waals surface area contributed by atoms with Crippen LogP contribution in [0.4, 0.5) is 4.39 Å². The van der Waals surface area contributed by atoms with Crippen LogP contribution < -0.4 is 5.56 Å². The van der Waals surface area contributed by atoms with E-state index in [9.17, 15) is 14.0 Å². The van der Waals surface area contributed by atoms with Crippen molar-refractivity contribution in [2.75, 3.05) is 0 Å². The molecule has 5 nitrogen and oxygen atoms in total. The first-order valence-corrected chi connectivity index (χ1v) is 9.58. The summed E-state index contributed by atoms with van der Waals surface area (Å²) in [6.07, 6.45) is 0. The first-order valence-electron chi connectivity index (χ1n) is 9.58. The Labute approximate surface area is 172 Å². The molecule has 4 rings (SSSR count). The molecular formula is C24H20FN3O2. The summed E-state index contributed by atoms with van der Waals surface area (Å²) in [6, 6.07) is 20.4. The van der Waals surface area contributed by atoms with Gasteiger partial charge in [0, 0.05) is 12.1 Å². The highest BCUT2D eigenvalue weighted by molar-refractivity contribution is 5.94. The predicted molar refractivity (Wildman–Crippen MR) is 114 cm³/mol. The van der Waals surface area contributed by atoms with Crippen LogP contribution >= 0.6 is 0 Å². The Bertz CT molecular complexity index is 1270. The van der Waals surface area contributed by atoms with Crippen LogP contribution in [0.3, 0.4) is 0 Å². The van der Waals surface area contributed by atoms with Crippen LogP contribution in [0.15, 0.2) is 77.6 Å². The van der Waals surface area contributed by atoms with Gasteiger partial charge >= 0.3 is 0 Å². The quantitative estimate of drug-likeness (QED) is 0.545. The number of hydrogen-bond acceptors (Lipinski definition) is 3. The maximum atomic E-state index is 13.3. The number of carbonyl (C=O) groups excluding carboxylic acids is 1. The maximum absolute atomic E-state index is 13.3. The minimum atomic E-state index is -0.337. The molecule has 1 N–H and O–H groups in total. The maximum Gasteiger partial charge on any atom is 0.258 e. The predicted octanol–water partition coefficient (Wildman–Crippen LogP) is 4.21. The molecule has 1 amide bonds. The number of nitrogens with zero attached hydrogens (tertiary/aromatic N) is 2. The van der Waals surface area contributed by atoms with Gasteiger partial charge in [0.25, 0.3) is 11.5 Å². The van der Waals surface area contributed by atoms with E-state index in [0.717, 1.165) is 11.1 Å². The second-order valence-electron chi connectivity index (χ2n) is 7.19. The molecular weight excluding hydrogens is 381 g/mol. The number of aromatic nitrogens is 2. The van der Waals surface area contributed by atoms with Crippen molar-refractivity contribution in [3.63, 3.8) is 0 Å². The van der Waals surface area contributed by atoms with Crippen molar-refractivity contribution in [1.82, 2.24) is 14.9 Å². The summed E-state index contributed by atoms with van der Waals surface area (Å²) in [6.45, 7) is 2.29. The molecule has 0 bridgehead atoms. The number of hydrogen-bond donors (Lipinski definition) is 1. The van der Waals surface area contributed by atoms with E-state index in [2.05, 4.69) is 9.97 Å². The van der Waals surface area contributed by atoms with Crippen molar-refractivity contribution in [2.24, 2.45) is 0 Å². The van der Waals surface area contributed by atoms with E-state index in [1.807, 2.05) is 31.2 Å². The molecule has 0 saturated carbocycles. The number of halogens is 1. The Morgan fingerprint density at radius 3 is 2.53 bits per heavy atom. The minimum Gasteiger partial charge on any atom is -0.327 e. The SMILES string of the molecule is Cc1cccc(C(=O)N(Cc2ccc(F)cc2)Cc2nc3ccccc3c(=O)[nH]2)c1. The smallest absolute Gasteiger partial charge is 0.258 e. The van der Waals surface area contributed by atoms with Gasteiger partial charge in [0.05, 0.1) is 17.4 Å². The van der Waals surface area contributed by atoms with Crippen LogP contribution in [0.25, 0.3) is 10.9 Å². The van der Waals surface area contributed by atoms with Gasteiger partial charge in [-0.15, -0.1) is 0 Å². The van der Waals surface area contributed by atoms with Gasteiger partial charge in [-0.3, -0.25) is 9.59 Å². The van der Waals surface area contributed by atoms with E-state index in [0.29, 0.717) is 22.3 Å². The number of carbonyl (C=O) groups is 1. The zero-order valence-electron chi connectivity index (χ0n) is 16.4. The lowest BCUT2D eigenvalue weighted by Crippen LogP contribution is -2.31. The first-order chi connectivity index (χ1) is 14.5. The van der Waals surface area contributed by atoms with Crippen molar-refractivity contribution in [2.45, 2.75) is 20.0 Å². The Morgan fingerprint density at radius 2 is 1.77 bits per heavy atom. The third-order valence-electron chi connectivity index (χ3n) is 4.84. The van der Waals surface area contributed by atoms with Crippen molar-refractivity contribution in [1.29, 1.82) is 0 Å². The van der Waals surface area contributed by atoms with Crippen LogP contribution in [0.1, 0.15) is 27.3 Å². The van der Waals surface area contributed by atoms with Crippen LogP contribution in [-0.4, -0.2) is 20.8 Å². The number of H-pyrrole nitrogens is 1. The molecule has 0 atom stereocenters. The molecule has 1 heterocycles. The monoisotopic (exact) mass is 401 g/mol. The van der Waals surface area contributed by atoms with Crippen molar-refractivity contribution in [3.05, 3.63) is 111 Å². The number of para-hydroxylation sites is 1. The van der Waals surface area contributed by atoms with Crippen LogP contribution in [0.5, 0.6) is 0 Å². The van der Waals surface area contributed by atoms with Crippen LogP contribution in [0, 0.1) is 12.7 Å². The van der Waals surface area contributed by atoms with E-state index < -0.39 is 0 Å². The lowest BCUT2D eigenvalue weighted by molar-refractivity contribution is 0.0725. The summed E-state index contributed by atoms with van der Waals surface area (Å²) in [5.74, 6) is -0.142. The fourth-order valence-electron chi connectivity index (χ4n) is 3.36. The minimum absolute atomic E-state index is 0.115. The molecule has 6 heteroatoms. The molecule has 4 aromatic rings. The van der Waals surface area contributed by atoms with Gasteiger partial charge in [0.2, 0.25) is 0 Å². The average molecular weight is 401 g/mol. The van der Waals surface area contributed by atoms with Gasteiger partial charge in [-0.05, 0) is 48.9 Å². The summed E-state index contributed by atoms with van der Waals surface area (Å²) in [5, 5.41) is 0.497. The standard InChI is InChI=1S/C24H20FN3O2/c1-16-5-4-6-18(13-16)24(30)28(14-17-9-11-19(25)12-10-17)15-22-26-21-8-3-2-7-20(21)23(29)27-22/h2-13H,14-15H2,1H3,(H,26,27,29). The fourth-order valence-corrected chi connectivity index (χ4v) is 3.36. The summed E-state index contributed by atoms with van der Waals surface area (Å²) in [7, 11) is 0. The molecule has 30 heavy (non-hydrogen) atoms. The normalized spacial score (nSPS) is 10.9. The summed E-state index contributed by atoms with van der Waals surface area (Å²) >= 11 is 0. The summed E-state index contributed by atoms with van der Waals surface area (Å²) in [4.78, 5) is 34.6. The number of benzene rings is 3. The number of nitrogens with one attached hydrogen (secondary N) is 1. The van der Waals surface area contributed by atoms with Crippen LogP contribution in [-0.2, 0) is 13.1 Å². The molecule has 150 valence electrons. The lowest BCUT2D eigenvalue weighted by atomic mass is 10.1. The Hall–Kier alpha value is -3.80. The van der Waals surface area contributed by atoms with Gasteiger partial charge < -0.3 is 9.88 Å².